The fourth-order valence-electron chi connectivity index (χ4n) is 3.27. The lowest BCUT2D eigenvalue weighted by Gasteiger charge is -2.25. The predicted octanol–water partition coefficient (Wildman–Crippen LogP) is 1.60. The molecule has 2 aliphatic heterocycles. The molecule has 2 aliphatic rings. The maximum absolute atomic E-state index is 5.51. The van der Waals surface area contributed by atoms with E-state index in [2.05, 4.69) is 9.80 Å². The summed E-state index contributed by atoms with van der Waals surface area (Å²) < 4.78 is 10.5. The van der Waals surface area contributed by atoms with Crippen molar-refractivity contribution in [1.29, 1.82) is 0 Å². The molecule has 0 spiro atoms. The molecule has 0 radical (unpaired) electrons. The molecule has 4 heteroatoms. The van der Waals surface area contributed by atoms with Crippen LogP contribution in [0.25, 0.3) is 0 Å². The lowest BCUT2D eigenvalue weighted by molar-refractivity contribution is 0.0675. The second kappa shape index (κ2) is 8.90. The highest BCUT2D eigenvalue weighted by Crippen LogP contribution is 2.21. The van der Waals surface area contributed by atoms with Crippen LogP contribution in [-0.4, -0.2) is 75.5 Å². The molecule has 0 amide bonds. The van der Waals surface area contributed by atoms with Gasteiger partial charge in [-0.15, -0.1) is 0 Å². The van der Waals surface area contributed by atoms with E-state index in [0.29, 0.717) is 6.61 Å². The minimum atomic E-state index is 0.712. The molecule has 0 N–H and O–H groups in total. The second-order valence-electron chi connectivity index (χ2n) is 5.80. The quantitative estimate of drug-likeness (QED) is 0.626. The highest BCUT2D eigenvalue weighted by Gasteiger charge is 2.28. The molecule has 4 nitrogen and oxygen atoms in total. The first-order valence-corrected chi connectivity index (χ1v) is 7.93. The average molecular weight is 270 g/mol. The Morgan fingerprint density at radius 2 is 1.89 bits per heavy atom. The van der Waals surface area contributed by atoms with E-state index in [1.807, 2.05) is 0 Å². The molecule has 2 fully saturated rings. The summed E-state index contributed by atoms with van der Waals surface area (Å²) in [5, 5.41) is 0. The zero-order chi connectivity index (χ0) is 13.3. The van der Waals surface area contributed by atoms with Gasteiger partial charge in [-0.3, -0.25) is 4.90 Å². The van der Waals surface area contributed by atoms with Gasteiger partial charge >= 0.3 is 0 Å². The van der Waals surface area contributed by atoms with Crippen molar-refractivity contribution in [3.63, 3.8) is 0 Å². The fourth-order valence-corrected chi connectivity index (χ4v) is 3.27. The van der Waals surface area contributed by atoms with Crippen LogP contribution in [0.5, 0.6) is 0 Å². The third kappa shape index (κ3) is 5.38. The molecule has 2 saturated heterocycles. The van der Waals surface area contributed by atoms with E-state index in [4.69, 9.17) is 9.47 Å². The summed E-state index contributed by atoms with van der Waals surface area (Å²) in [5.41, 5.74) is 0. The molecular weight excluding hydrogens is 240 g/mol. The molecule has 0 aromatic carbocycles. The van der Waals surface area contributed by atoms with Crippen LogP contribution in [0.1, 0.15) is 32.1 Å². The summed E-state index contributed by atoms with van der Waals surface area (Å²) in [6.07, 6.45) is 6.61. The third-order valence-electron chi connectivity index (χ3n) is 4.33. The number of hydrogen-bond acceptors (Lipinski definition) is 4. The number of hydrogen-bond donors (Lipinski definition) is 0. The smallest absolute Gasteiger partial charge is 0.0700 e. The SMILES string of the molecule is COCCOCCCCN1CCCN2CCCC2C1. The molecule has 0 aromatic heterocycles. The van der Waals surface area contributed by atoms with Crippen LogP contribution in [0.2, 0.25) is 0 Å². The van der Waals surface area contributed by atoms with E-state index in [1.165, 1.54) is 64.8 Å². The van der Waals surface area contributed by atoms with Crippen molar-refractivity contribution < 1.29 is 9.47 Å². The summed E-state index contributed by atoms with van der Waals surface area (Å²) in [6, 6.07) is 0.848. The first kappa shape index (κ1) is 15.2. The van der Waals surface area contributed by atoms with Crippen molar-refractivity contribution in [1.82, 2.24) is 9.80 Å². The van der Waals surface area contributed by atoms with Crippen molar-refractivity contribution >= 4 is 0 Å². The molecule has 1 atom stereocenters. The second-order valence-corrected chi connectivity index (χ2v) is 5.80. The van der Waals surface area contributed by atoms with E-state index < -0.39 is 0 Å². The average Bonchev–Trinajstić information content (AvgIpc) is 2.76. The molecule has 2 rings (SSSR count). The highest BCUT2D eigenvalue weighted by atomic mass is 16.5. The van der Waals surface area contributed by atoms with E-state index >= 15 is 0 Å². The Morgan fingerprint density at radius 3 is 2.79 bits per heavy atom. The monoisotopic (exact) mass is 270 g/mol. The molecule has 1 unspecified atom stereocenters. The topological polar surface area (TPSA) is 24.9 Å². The van der Waals surface area contributed by atoms with Gasteiger partial charge in [-0.2, -0.15) is 0 Å². The number of ether oxygens (including phenoxy) is 2. The van der Waals surface area contributed by atoms with E-state index in [9.17, 15) is 0 Å². The molecule has 2 heterocycles. The van der Waals surface area contributed by atoms with Crippen LogP contribution < -0.4 is 0 Å². The Hall–Kier alpha value is -0.160. The Bertz CT molecular complexity index is 238. The number of rotatable bonds is 8. The van der Waals surface area contributed by atoms with Crippen molar-refractivity contribution in [3.05, 3.63) is 0 Å². The van der Waals surface area contributed by atoms with Crippen molar-refractivity contribution in [2.75, 3.05) is 59.7 Å². The van der Waals surface area contributed by atoms with Crippen LogP contribution in [0.15, 0.2) is 0 Å². The van der Waals surface area contributed by atoms with Crippen molar-refractivity contribution in [2.45, 2.75) is 38.1 Å². The molecule has 19 heavy (non-hydrogen) atoms. The van der Waals surface area contributed by atoms with Crippen LogP contribution in [0.4, 0.5) is 0 Å². The molecule has 0 aromatic rings. The standard InChI is InChI=1S/C15H30N2O2/c1-18-12-13-19-11-3-2-7-16-8-5-10-17-9-4-6-15(17)14-16/h15H,2-14H2,1H3. The van der Waals surface area contributed by atoms with Gasteiger partial charge in [0.15, 0.2) is 0 Å². The Morgan fingerprint density at radius 1 is 1.00 bits per heavy atom. The summed E-state index contributed by atoms with van der Waals surface area (Å²) in [7, 11) is 1.72. The van der Waals surface area contributed by atoms with Gasteiger partial charge in [0.05, 0.1) is 13.2 Å². The maximum atomic E-state index is 5.51. The highest BCUT2D eigenvalue weighted by molar-refractivity contribution is 4.84. The minimum absolute atomic E-state index is 0.712. The first-order valence-electron chi connectivity index (χ1n) is 7.93. The number of unbranched alkanes of at least 4 members (excludes halogenated alkanes) is 1. The molecule has 0 aliphatic carbocycles. The zero-order valence-electron chi connectivity index (χ0n) is 12.5. The number of fused-ring (bicyclic) bond motifs is 1. The van der Waals surface area contributed by atoms with Gasteiger partial charge < -0.3 is 14.4 Å². The van der Waals surface area contributed by atoms with Crippen LogP contribution >= 0.6 is 0 Å². The summed E-state index contributed by atoms with van der Waals surface area (Å²) in [4.78, 5) is 5.37. The van der Waals surface area contributed by atoms with Gasteiger partial charge in [0.25, 0.3) is 0 Å². The third-order valence-corrected chi connectivity index (χ3v) is 4.33. The Labute approximate surface area is 118 Å². The van der Waals surface area contributed by atoms with Gasteiger partial charge in [-0.1, -0.05) is 0 Å². The van der Waals surface area contributed by atoms with E-state index in [-0.39, 0.29) is 0 Å². The fraction of sp³-hybridized carbons (Fsp3) is 1.00. The molecule has 0 bridgehead atoms. The summed E-state index contributed by atoms with van der Waals surface area (Å²) >= 11 is 0. The van der Waals surface area contributed by atoms with Gasteiger partial charge in [0.1, 0.15) is 0 Å². The van der Waals surface area contributed by atoms with E-state index in [1.54, 1.807) is 7.11 Å². The zero-order valence-corrected chi connectivity index (χ0v) is 12.5. The van der Waals surface area contributed by atoms with Gasteiger partial charge in [-0.25, -0.2) is 0 Å². The Kier molecular flexibility index (Phi) is 7.14. The van der Waals surface area contributed by atoms with E-state index in [0.717, 1.165) is 19.3 Å². The van der Waals surface area contributed by atoms with Crippen LogP contribution in [0.3, 0.4) is 0 Å². The molecule has 112 valence electrons. The van der Waals surface area contributed by atoms with Gasteiger partial charge in [-0.05, 0) is 58.3 Å². The van der Waals surface area contributed by atoms with Crippen molar-refractivity contribution in [2.24, 2.45) is 0 Å². The first-order chi connectivity index (χ1) is 9.40. The lowest BCUT2D eigenvalue weighted by atomic mass is 10.2. The maximum Gasteiger partial charge on any atom is 0.0700 e. The minimum Gasteiger partial charge on any atom is -0.382 e. The lowest BCUT2D eigenvalue weighted by Crippen LogP contribution is -2.37. The summed E-state index contributed by atoms with van der Waals surface area (Å²) in [5.74, 6) is 0. The van der Waals surface area contributed by atoms with Crippen molar-refractivity contribution in [3.8, 4) is 0 Å². The number of nitrogens with zero attached hydrogens (tertiary/aromatic N) is 2. The largest absolute Gasteiger partial charge is 0.382 e. The van der Waals surface area contributed by atoms with Crippen LogP contribution in [0, 0.1) is 0 Å². The Balaban J connectivity index is 1.53. The molecular formula is C15H30N2O2. The normalized spacial score (nSPS) is 25.4. The van der Waals surface area contributed by atoms with Gasteiger partial charge in [0.2, 0.25) is 0 Å². The number of methoxy groups -OCH3 is 1. The summed E-state index contributed by atoms with van der Waals surface area (Å²) in [6.45, 7) is 8.82. The molecule has 0 saturated carbocycles. The van der Waals surface area contributed by atoms with Gasteiger partial charge in [0, 0.05) is 26.3 Å². The van der Waals surface area contributed by atoms with Crippen LogP contribution in [-0.2, 0) is 9.47 Å². The predicted molar refractivity (Wildman–Crippen MR) is 77.6 cm³/mol.